The molecule has 1 atom stereocenters. The summed E-state index contributed by atoms with van der Waals surface area (Å²) in [7, 11) is 2.01. The summed E-state index contributed by atoms with van der Waals surface area (Å²) in [6.45, 7) is 0.860. The first-order valence-electron chi connectivity index (χ1n) is 6.34. The quantitative estimate of drug-likeness (QED) is 0.873. The van der Waals surface area contributed by atoms with Crippen LogP contribution in [0.2, 0.25) is 0 Å². The summed E-state index contributed by atoms with van der Waals surface area (Å²) in [4.78, 5) is 4.01. The normalized spacial score (nSPS) is 18.8. The van der Waals surface area contributed by atoms with Crippen LogP contribution in [0.5, 0.6) is 0 Å². The Labute approximate surface area is 105 Å². The van der Waals surface area contributed by atoms with E-state index in [9.17, 15) is 0 Å². The van der Waals surface area contributed by atoms with Crippen molar-refractivity contribution in [3.05, 3.63) is 29.7 Å². The maximum atomic E-state index is 4.71. The van der Waals surface area contributed by atoms with Gasteiger partial charge < -0.3 is 9.84 Å². The predicted octanol–water partition coefficient (Wildman–Crippen LogP) is 1.01. The SMILES string of the molecule is Cn1ncc2c1CCCC2NCCc1ncon1. The second-order valence-corrected chi connectivity index (χ2v) is 4.67. The average Bonchev–Trinajstić information content (AvgIpc) is 3.01. The fourth-order valence-corrected chi connectivity index (χ4v) is 2.58. The van der Waals surface area contributed by atoms with Gasteiger partial charge in [0.15, 0.2) is 5.82 Å². The van der Waals surface area contributed by atoms with Crippen LogP contribution in [0.25, 0.3) is 0 Å². The highest BCUT2D eigenvalue weighted by molar-refractivity contribution is 5.24. The van der Waals surface area contributed by atoms with Crippen LogP contribution in [-0.2, 0) is 19.9 Å². The van der Waals surface area contributed by atoms with Crippen molar-refractivity contribution in [1.29, 1.82) is 0 Å². The van der Waals surface area contributed by atoms with Crippen molar-refractivity contribution in [1.82, 2.24) is 25.2 Å². The highest BCUT2D eigenvalue weighted by atomic mass is 16.5. The maximum Gasteiger partial charge on any atom is 0.213 e. The fraction of sp³-hybridized carbons (Fsp3) is 0.583. The number of hydrogen-bond acceptors (Lipinski definition) is 5. The molecular formula is C12H17N5O. The zero-order valence-corrected chi connectivity index (χ0v) is 10.5. The molecule has 0 amide bonds. The number of hydrogen-bond donors (Lipinski definition) is 1. The average molecular weight is 247 g/mol. The Kier molecular flexibility index (Phi) is 3.10. The van der Waals surface area contributed by atoms with Gasteiger partial charge in [-0.2, -0.15) is 10.1 Å². The molecule has 6 nitrogen and oxygen atoms in total. The number of nitrogens with zero attached hydrogens (tertiary/aromatic N) is 4. The van der Waals surface area contributed by atoms with E-state index in [0.717, 1.165) is 25.2 Å². The second kappa shape index (κ2) is 4.89. The monoisotopic (exact) mass is 247 g/mol. The summed E-state index contributed by atoms with van der Waals surface area (Å²) in [5, 5.41) is 11.7. The summed E-state index contributed by atoms with van der Waals surface area (Å²) in [6.07, 6.45) is 7.67. The van der Waals surface area contributed by atoms with Gasteiger partial charge in [-0.15, -0.1) is 0 Å². The number of rotatable bonds is 4. The van der Waals surface area contributed by atoms with Gasteiger partial charge in [-0.25, -0.2) is 0 Å². The van der Waals surface area contributed by atoms with E-state index in [1.54, 1.807) is 0 Å². The first-order valence-corrected chi connectivity index (χ1v) is 6.34. The number of aromatic nitrogens is 4. The van der Waals surface area contributed by atoms with Crippen LogP contribution < -0.4 is 5.32 Å². The van der Waals surface area contributed by atoms with Crippen molar-refractivity contribution < 1.29 is 4.52 Å². The van der Waals surface area contributed by atoms with Crippen molar-refractivity contribution in [2.45, 2.75) is 31.7 Å². The standard InChI is InChI=1S/C12H17N5O/c1-17-11-4-2-3-10(9(11)7-15-17)13-6-5-12-14-8-18-16-12/h7-8,10,13H,2-6H2,1H3. The van der Waals surface area contributed by atoms with Gasteiger partial charge in [0.25, 0.3) is 0 Å². The van der Waals surface area contributed by atoms with Crippen LogP contribution in [0.15, 0.2) is 17.1 Å². The molecule has 3 rings (SSSR count). The van der Waals surface area contributed by atoms with Gasteiger partial charge >= 0.3 is 0 Å². The Morgan fingerprint density at radius 2 is 2.50 bits per heavy atom. The van der Waals surface area contributed by atoms with E-state index in [-0.39, 0.29) is 0 Å². The third kappa shape index (κ3) is 2.15. The fourth-order valence-electron chi connectivity index (χ4n) is 2.58. The zero-order valence-electron chi connectivity index (χ0n) is 10.5. The van der Waals surface area contributed by atoms with Crippen molar-refractivity contribution in [3.63, 3.8) is 0 Å². The third-order valence-corrected chi connectivity index (χ3v) is 3.52. The first kappa shape index (κ1) is 11.4. The van der Waals surface area contributed by atoms with Crippen molar-refractivity contribution in [2.75, 3.05) is 6.54 Å². The summed E-state index contributed by atoms with van der Waals surface area (Å²) >= 11 is 0. The molecule has 1 N–H and O–H groups in total. The zero-order chi connectivity index (χ0) is 12.4. The minimum Gasteiger partial charge on any atom is -0.343 e. The van der Waals surface area contributed by atoms with E-state index in [1.807, 2.05) is 17.9 Å². The van der Waals surface area contributed by atoms with Crippen LogP contribution in [0.1, 0.15) is 36.0 Å². The minimum absolute atomic E-state index is 0.411. The molecule has 2 aromatic rings. The van der Waals surface area contributed by atoms with Gasteiger partial charge in [0, 0.05) is 37.3 Å². The Bertz CT molecular complexity index is 505. The first-order chi connectivity index (χ1) is 8.84. The molecule has 6 heteroatoms. The molecular weight excluding hydrogens is 230 g/mol. The van der Waals surface area contributed by atoms with E-state index in [1.165, 1.54) is 30.5 Å². The van der Waals surface area contributed by atoms with E-state index >= 15 is 0 Å². The highest BCUT2D eigenvalue weighted by Crippen LogP contribution is 2.28. The molecule has 0 fully saturated rings. The molecule has 18 heavy (non-hydrogen) atoms. The van der Waals surface area contributed by atoms with E-state index in [4.69, 9.17) is 4.52 Å². The summed E-state index contributed by atoms with van der Waals surface area (Å²) in [5.74, 6) is 0.754. The van der Waals surface area contributed by atoms with E-state index in [0.29, 0.717) is 6.04 Å². The van der Waals surface area contributed by atoms with Gasteiger partial charge in [0.1, 0.15) is 0 Å². The van der Waals surface area contributed by atoms with Crippen LogP contribution in [0, 0.1) is 0 Å². The molecule has 1 aliphatic carbocycles. The predicted molar refractivity (Wildman–Crippen MR) is 64.9 cm³/mol. The summed E-state index contributed by atoms with van der Waals surface area (Å²) < 4.78 is 6.70. The van der Waals surface area contributed by atoms with Gasteiger partial charge in [0.05, 0.1) is 6.20 Å². The lowest BCUT2D eigenvalue weighted by Gasteiger charge is -2.23. The largest absolute Gasteiger partial charge is 0.343 e. The molecule has 1 unspecified atom stereocenters. The maximum absolute atomic E-state index is 4.71. The molecule has 0 bridgehead atoms. The molecule has 1 aliphatic rings. The van der Waals surface area contributed by atoms with Crippen LogP contribution in [-0.4, -0.2) is 26.5 Å². The van der Waals surface area contributed by atoms with Gasteiger partial charge in [-0.3, -0.25) is 4.68 Å². The number of aryl methyl sites for hydroxylation is 1. The third-order valence-electron chi connectivity index (χ3n) is 3.52. The van der Waals surface area contributed by atoms with Crippen molar-refractivity contribution in [2.24, 2.45) is 7.05 Å². The van der Waals surface area contributed by atoms with Crippen LogP contribution >= 0.6 is 0 Å². The molecule has 0 aromatic carbocycles. The van der Waals surface area contributed by atoms with Gasteiger partial charge in [-0.1, -0.05) is 5.16 Å². The molecule has 2 heterocycles. The lowest BCUT2D eigenvalue weighted by molar-refractivity contribution is 0.406. The topological polar surface area (TPSA) is 68.8 Å². The summed E-state index contributed by atoms with van der Waals surface area (Å²) in [5.41, 5.74) is 2.70. The second-order valence-electron chi connectivity index (χ2n) is 4.67. The minimum atomic E-state index is 0.411. The molecule has 0 spiro atoms. The molecule has 2 aromatic heterocycles. The molecule has 0 saturated carbocycles. The van der Waals surface area contributed by atoms with Gasteiger partial charge in [0.2, 0.25) is 6.39 Å². The molecule has 0 radical (unpaired) electrons. The van der Waals surface area contributed by atoms with Crippen LogP contribution in [0.4, 0.5) is 0 Å². The lowest BCUT2D eigenvalue weighted by Crippen LogP contribution is -2.27. The van der Waals surface area contributed by atoms with E-state index < -0.39 is 0 Å². The molecule has 0 saturated heterocycles. The Morgan fingerprint density at radius 3 is 3.33 bits per heavy atom. The highest BCUT2D eigenvalue weighted by Gasteiger charge is 2.22. The van der Waals surface area contributed by atoms with Crippen molar-refractivity contribution >= 4 is 0 Å². The Hall–Kier alpha value is -1.69. The Morgan fingerprint density at radius 1 is 1.56 bits per heavy atom. The summed E-state index contributed by atoms with van der Waals surface area (Å²) in [6, 6.07) is 0.411. The Balaban J connectivity index is 1.60. The smallest absolute Gasteiger partial charge is 0.213 e. The lowest BCUT2D eigenvalue weighted by atomic mass is 9.93. The molecule has 0 aliphatic heterocycles. The number of fused-ring (bicyclic) bond motifs is 1. The van der Waals surface area contributed by atoms with Crippen molar-refractivity contribution in [3.8, 4) is 0 Å². The number of nitrogens with one attached hydrogen (secondary N) is 1. The van der Waals surface area contributed by atoms with E-state index in [2.05, 4.69) is 20.6 Å². The van der Waals surface area contributed by atoms with Gasteiger partial charge in [-0.05, 0) is 19.3 Å². The van der Waals surface area contributed by atoms with Crippen LogP contribution in [0.3, 0.4) is 0 Å². The molecule has 96 valence electrons.